The summed E-state index contributed by atoms with van der Waals surface area (Å²) in [4.78, 5) is 15.0. The van der Waals surface area contributed by atoms with Crippen LogP contribution >= 0.6 is 0 Å². The van der Waals surface area contributed by atoms with Crippen molar-refractivity contribution in [3.8, 4) is 0 Å². The maximum absolute atomic E-state index is 11.0. The van der Waals surface area contributed by atoms with Gasteiger partial charge in [0.1, 0.15) is 5.82 Å². The Morgan fingerprint density at radius 1 is 1.41 bits per heavy atom. The van der Waals surface area contributed by atoms with Gasteiger partial charge in [0.05, 0.1) is 18.8 Å². The first-order valence-corrected chi connectivity index (χ1v) is 7.30. The molecule has 1 aliphatic heterocycles. The molecule has 1 saturated heterocycles. The molecule has 7 heteroatoms. The second-order valence-corrected chi connectivity index (χ2v) is 5.20. The molecular weight excluding hydrogens is 288 g/mol. The van der Waals surface area contributed by atoms with Gasteiger partial charge in [0.2, 0.25) is 0 Å². The predicted molar refractivity (Wildman–Crippen MR) is 80.3 cm³/mol. The van der Waals surface area contributed by atoms with Gasteiger partial charge in [-0.3, -0.25) is 0 Å². The Labute approximate surface area is 129 Å². The lowest BCUT2D eigenvalue weighted by Gasteiger charge is -2.37. The molecule has 2 rings (SSSR count). The lowest BCUT2D eigenvalue weighted by atomic mass is 9.94. The number of methoxy groups -OCH3 is 1. The van der Waals surface area contributed by atoms with Crippen molar-refractivity contribution in [2.75, 3.05) is 45.4 Å². The molecule has 1 aromatic rings. The molecule has 0 aliphatic carbocycles. The number of nitrogens with zero attached hydrogens (tertiary/aromatic N) is 1. The van der Waals surface area contributed by atoms with Crippen LogP contribution in [0, 0.1) is 0 Å². The number of nitrogens with one attached hydrogen (secondary N) is 1. The summed E-state index contributed by atoms with van der Waals surface area (Å²) in [6, 6.07) is 4.88. The van der Waals surface area contributed by atoms with Gasteiger partial charge in [0.25, 0.3) is 0 Å². The van der Waals surface area contributed by atoms with Crippen molar-refractivity contribution in [1.82, 2.24) is 4.98 Å². The van der Waals surface area contributed by atoms with Gasteiger partial charge >= 0.3 is 5.97 Å². The number of hydrogen-bond donors (Lipinski definition) is 2. The number of carbonyl (C=O) groups is 1. The second-order valence-electron chi connectivity index (χ2n) is 5.20. The lowest BCUT2D eigenvalue weighted by Crippen LogP contribution is -2.45. The van der Waals surface area contributed by atoms with E-state index in [-0.39, 0.29) is 11.3 Å². The lowest BCUT2D eigenvalue weighted by molar-refractivity contribution is -0.111. The van der Waals surface area contributed by atoms with E-state index < -0.39 is 5.97 Å². The number of rotatable bonds is 8. The van der Waals surface area contributed by atoms with E-state index in [4.69, 9.17) is 19.3 Å². The number of ether oxygens (including phenoxy) is 3. The molecule has 0 amide bonds. The molecular formula is C15H22N2O5. The van der Waals surface area contributed by atoms with Crippen LogP contribution in [0.3, 0.4) is 0 Å². The number of carboxylic acid groups (broad SMARTS) is 1. The van der Waals surface area contributed by atoms with Crippen LogP contribution in [0.5, 0.6) is 0 Å². The fourth-order valence-electron chi connectivity index (χ4n) is 2.36. The SMILES string of the molecule is COCCOC1(CNc2cccc(C(=O)O)n2)CCOCC1. The molecule has 122 valence electrons. The Hall–Kier alpha value is -1.70. The van der Waals surface area contributed by atoms with E-state index in [0.717, 1.165) is 12.8 Å². The van der Waals surface area contributed by atoms with Gasteiger partial charge in [-0.2, -0.15) is 0 Å². The normalized spacial score (nSPS) is 17.1. The Morgan fingerprint density at radius 3 is 2.86 bits per heavy atom. The third kappa shape index (κ3) is 4.66. The first-order chi connectivity index (χ1) is 10.7. The zero-order chi connectivity index (χ0) is 15.8. The van der Waals surface area contributed by atoms with Crippen LogP contribution in [0.1, 0.15) is 23.3 Å². The Morgan fingerprint density at radius 2 is 2.18 bits per heavy atom. The van der Waals surface area contributed by atoms with Crippen LogP contribution in [0.4, 0.5) is 5.82 Å². The van der Waals surface area contributed by atoms with Crippen LogP contribution in [0.15, 0.2) is 18.2 Å². The van der Waals surface area contributed by atoms with E-state index >= 15 is 0 Å². The molecule has 0 atom stereocenters. The number of aromatic carboxylic acids is 1. The van der Waals surface area contributed by atoms with Crippen molar-refractivity contribution in [2.45, 2.75) is 18.4 Å². The molecule has 7 nitrogen and oxygen atoms in total. The van der Waals surface area contributed by atoms with E-state index in [9.17, 15) is 4.79 Å². The molecule has 2 heterocycles. The number of pyridine rings is 1. The van der Waals surface area contributed by atoms with Gasteiger partial charge in [0, 0.05) is 39.7 Å². The van der Waals surface area contributed by atoms with Gasteiger partial charge in [0.15, 0.2) is 5.69 Å². The molecule has 0 bridgehead atoms. The van der Waals surface area contributed by atoms with Crippen molar-refractivity contribution in [3.63, 3.8) is 0 Å². The standard InChI is InChI=1S/C15H22N2O5/c1-20-9-10-22-15(5-7-21-8-6-15)11-16-13-4-2-3-12(17-13)14(18)19/h2-4H,5-11H2,1H3,(H,16,17)(H,18,19). The summed E-state index contributed by atoms with van der Waals surface area (Å²) in [6.07, 6.45) is 1.56. The summed E-state index contributed by atoms with van der Waals surface area (Å²) >= 11 is 0. The number of aromatic nitrogens is 1. The van der Waals surface area contributed by atoms with Gasteiger partial charge < -0.3 is 24.6 Å². The van der Waals surface area contributed by atoms with Crippen LogP contribution in [0.2, 0.25) is 0 Å². The molecule has 22 heavy (non-hydrogen) atoms. The van der Waals surface area contributed by atoms with Gasteiger partial charge in [-0.1, -0.05) is 6.07 Å². The number of anilines is 1. The maximum Gasteiger partial charge on any atom is 0.354 e. The summed E-state index contributed by atoms with van der Waals surface area (Å²) in [5, 5.41) is 12.2. The van der Waals surface area contributed by atoms with E-state index in [2.05, 4.69) is 10.3 Å². The highest BCUT2D eigenvalue weighted by Crippen LogP contribution is 2.25. The molecule has 1 aliphatic rings. The van der Waals surface area contributed by atoms with Crippen molar-refractivity contribution in [2.24, 2.45) is 0 Å². The Balaban J connectivity index is 1.98. The van der Waals surface area contributed by atoms with Crippen molar-refractivity contribution in [3.05, 3.63) is 23.9 Å². The minimum atomic E-state index is -1.04. The minimum absolute atomic E-state index is 0.0197. The molecule has 0 radical (unpaired) electrons. The van der Waals surface area contributed by atoms with Crippen LogP contribution in [0.25, 0.3) is 0 Å². The topological polar surface area (TPSA) is 89.9 Å². The van der Waals surface area contributed by atoms with Crippen LogP contribution in [-0.2, 0) is 14.2 Å². The first kappa shape index (κ1) is 16.7. The third-order valence-corrected chi connectivity index (χ3v) is 3.66. The van der Waals surface area contributed by atoms with Gasteiger partial charge in [-0.15, -0.1) is 0 Å². The first-order valence-electron chi connectivity index (χ1n) is 7.30. The maximum atomic E-state index is 11.0. The monoisotopic (exact) mass is 310 g/mol. The quantitative estimate of drug-likeness (QED) is 0.701. The van der Waals surface area contributed by atoms with E-state index in [1.54, 1.807) is 19.2 Å². The number of hydrogen-bond acceptors (Lipinski definition) is 6. The van der Waals surface area contributed by atoms with Crippen molar-refractivity contribution >= 4 is 11.8 Å². The zero-order valence-electron chi connectivity index (χ0n) is 12.7. The highest BCUT2D eigenvalue weighted by atomic mass is 16.5. The molecule has 0 spiro atoms. The molecule has 0 unspecified atom stereocenters. The highest BCUT2D eigenvalue weighted by molar-refractivity contribution is 5.85. The van der Waals surface area contributed by atoms with Crippen molar-refractivity contribution in [1.29, 1.82) is 0 Å². The summed E-state index contributed by atoms with van der Waals surface area (Å²) in [5.41, 5.74) is -0.316. The zero-order valence-corrected chi connectivity index (χ0v) is 12.7. The molecule has 0 saturated carbocycles. The fraction of sp³-hybridized carbons (Fsp3) is 0.600. The average molecular weight is 310 g/mol. The highest BCUT2D eigenvalue weighted by Gasteiger charge is 2.33. The molecule has 1 aromatic heterocycles. The van der Waals surface area contributed by atoms with E-state index in [0.29, 0.717) is 38.8 Å². The van der Waals surface area contributed by atoms with Gasteiger partial charge in [-0.05, 0) is 12.1 Å². The molecule has 2 N–H and O–H groups in total. The smallest absolute Gasteiger partial charge is 0.354 e. The summed E-state index contributed by atoms with van der Waals surface area (Å²) in [5.74, 6) is -0.512. The Kier molecular flexibility index (Phi) is 6.11. The molecule has 1 fully saturated rings. The predicted octanol–water partition coefficient (Wildman–Crippen LogP) is 1.40. The van der Waals surface area contributed by atoms with Crippen molar-refractivity contribution < 1.29 is 24.1 Å². The third-order valence-electron chi connectivity index (χ3n) is 3.66. The average Bonchev–Trinajstić information content (AvgIpc) is 2.54. The van der Waals surface area contributed by atoms with Crippen LogP contribution < -0.4 is 5.32 Å². The van der Waals surface area contributed by atoms with E-state index in [1.807, 2.05) is 0 Å². The summed E-state index contributed by atoms with van der Waals surface area (Å²) in [7, 11) is 1.64. The molecule has 0 aromatic carbocycles. The summed E-state index contributed by atoms with van der Waals surface area (Å²) < 4.78 is 16.4. The second kappa shape index (κ2) is 8.07. The Bertz CT molecular complexity index is 489. The van der Waals surface area contributed by atoms with Gasteiger partial charge in [-0.25, -0.2) is 9.78 Å². The van der Waals surface area contributed by atoms with Crippen LogP contribution in [-0.4, -0.2) is 61.7 Å². The largest absolute Gasteiger partial charge is 0.477 e. The fourth-order valence-corrected chi connectivity index (χ4v) is 2.36. The minimum Gasteiger partial charge on any atom is -0.477 e. The summed E-state index contributed by atoms with van der Waals surface area (Å²) in [6.45, 7) is 2.90. The number of carboxylic acids is 1. The van der Waals surface area contributed by atoms with E-state index in [1.165, 1.54) is 6.07 Å².